The standard InChI is InChI=1S/C12H15N3S/c1-15-10(11-3-2-6-16-11)8-14-12(15)9-4-5-13-7-9/h2-3,6,8-9,13H,4-5,7H2,1H3. The highest BCUT2D eigenvalue weighted by Crippen LogP contribution is 2.28. The van der Waals surface area contributed by atoms with Crippen molar-refractivity contribution in [2.24, 2.45) is 7.05 Å². The van der Waals surface area contributed by atoms with Gasteiger partial charge in [0.05, 0.1) is 16.8 Å². The number of thiophene rings is 1. The molecule has 1 aliphatic heterocycles. The zero-order valence-corrected chi connectivity index (χ0v) is 10.1. The molecule has 0 amide bonds. The van der Waals surface area contributed by atoms with Crippen molar-refractivity contribution in [3.8, 4) is 10.6 Å². The van der Waals surface area contributed by atoms with E-state index in [4.69, 9.17) is 0 Å². The minimum atomic E-state index is 0.582. The minimum absolute atomic E-state index is 0.582. The largest absolute Gasteiger partial charge is 0.330 e. The summed E-state index contributed by atoms with van der Waals surface area (Å²) >= 11 is 1.77. The van der Waals surface area contributed by atoms with Gasteiger partial charge in [-0.15, -0.1) is 11.3 Å². The van der Waals surface area contributed by atoms with Gasteiger partial charge < -0.3 is 9.88 Å². The van der Waals surface area contributed by atoms with Gasteiger partial charge in [-0.05, 0) is 24.4 Å². The molecule has 3 heterocycles. The van der Waals surface area contributed by atoms with Crippen LogP contribution in [-0.4, -0.2) is 22.6 Å². The van der Waals surface area contributed by atoms with E-state index in [2.05, 4.69) is 39.4 Å². The van der Waals surface area contributed by atoms with Crippen LogP contribution in [0.2, 0.25) is 0 Å². The molecule has 0 radical (unpaired) electrons. The molecular weight excluding hydrogens is 218 g/mol. The summed E-state index contributed by atoms with van der Waals surface area (Å²) in [4.78, 5) is 5.88. The second-order valence-electron chi connectivity index (χ2n) is 4.23. The van der Waals surface area contributed by atoms with Gasteiger partial charge in [0, 0.05) is 19.5 Å². The van der Waals surface area contributed by atoms with Crippen molar-refractivity contribution in [2.75, 3.05) is 13.1 Å². The van der Waals surface area contributed by atoms with Crippen LogP contribution in [0.15, 0.2) is 23.7 Å². The normalized spacial score (nSPS) is 20.4. The summed E-state index contributed by atoms with van der Waals surface area (Å²) in [6, 6.07) is 4.24. The van der Waals surface area contributed by atoms with E-state index >= 15 is 0 Å². The van der Waals surface area contributed by atoms with Crippen LogP contribution in [0.25, 0.3) is 10.6 Å². The number of imidazole rings is 1. The summed E-state index contributed by atoms with van der Waals surface area (Å²) < 4.78 is 2.24. The first-order valence-corrected chi connectivity index (χ1v) is 6.50. The van der Waals surface area contributed by atoms with E-state index in [0.717, 1.165) is 13.1 Å². The quantitative estimate of drug-likeness (QED) is 0.862. The van der Waals surface area contributed by atoms with Crippen LogP contribution < -0.4 is 5.32 Å². The number of nitrogens with zero attached hydrogens (tertiary/aromatic N) is 2. The predicted molar refractivity (Wildman–Crippen MR) is 66.7 cm³/mol. The topological polar surface area (TPSA) is 29.9 Å². The van der Waals surface area contributed by atoms with Gasteiger partial charge in [-0.25, -0.2) is 4.98 Å². The van der Waals surface area contributed by atoms with E-state index < -0.39 is 0 Å². The van der Waals surface area contributed by atoms with Crippen LogP contribution in [-0.2, 0) is 7.05 Å². The zero-order valence-electron chi connectivity index (χ0n) is 9.31. The Morgan fingerprint density at radius 1 is 1.56 bits per heavy atom. The van der Waals surface area contributed by atoms with Gasteiger partial charge >= 0.3 is 0 Å². The van der Waals surface area contributed by atoms with Crippen molar-refractivity contribution in [3.63, 3.8) is 0 Å². The average Bonchev–Trinajstić information content (AvgIpc) is 2.96. The molecule has 1 fully saturated rings. The molecule has 1 unspecified atom stereocenters. The van der Waals surface area contributed by atoms with Crippen molar-refractivity contribution in [1.29, 1.82) is 0 Å². The van der Waals surface area contributed by atoms with Crippen LogP contribution in [0.5, 0.6) is 0 Å². The second kappa shape index (κ2) is 4.03. The third-order valence-electron chi connectivity index (χ3n) is 3.22. The third kappa shape index (κ3) is 1.58. The highest BCUT2D eigenvalue weighted by Gasteiger charge is 2.22. The van der Waals surface area contributed by atoms with Gasteiger partial charge in [0.15, 0.2) is 0 Å². The molecule has 16 heavy (non-hydrogen) atoms. The Kier molecular flexibility index (Phi) is 2.53. The fourth-order valence-corrected chi connectivity index (χ4v) is 3.10. The molecule has 0 aliphatic carbocycles. The molecule has 1 N–H and O–H groups in total. The lowest BCUT2D eigenvalue weighted by molar-refractivity contribution is 0.662. The first-order valence-electron chi connectivity index (χ1n) is 5.62. The van der Waals surface area contributed by atoms with Crippen LogP contribution in [0.4, 0.5) is 0 Å². The molecule has 1 atom stereocenters. The number of hydrogen-bond acceptors (Lipinski definition) is 3. The number of nitrogens with one attached hydrogen (secondary N) is 1. The fourth-order valence-electron chi connectivity index (χ4n) is 2.33. The lowest BCUT2D eigenvalue weighted by Gasteiger charge is -2.09. The maximum atomic E-state index is 4.58. The molecule has 2 aromatic rings. The molecule has 0 saturated carbocycles. The first-order chi connectivity index (χ1) is 7.86. The van der Waals surface area contributed by atoms with Crippen LogP contribution in [0.3, 0.4) is 0 Å². The molecular formula is C12H15N3S. The number of rotatable bonds is 2. The second-order valence-corrected chi connectivity index (χ2v) is 5.18. The molecule has 3 nitrogen and oxygen atoms in total. The molecule has 2 aromatic heterocycles. The number of aromatic nitrogens is 2. The molecule has 3 rings (SSSR count). The lowest BCUT2D eigenvalue weighted by Crippen LogP contribution is -2.11. The maximum absolute atomic E-state index is 4.58. The first kappa shape index (κ1) is 10.1. The Bertz CT molecular complexity index is 466. The third-order valence-corrected chi connectivity index (χ3v) is 4.12. The summed E-state index contributed by atoms with van der Waals surface area (Å²) in [5.74, 6) is 1.80. The molecule has 84 valence electrons. The Morgan fingerprint density at radius 3 is 3.19 bits per heavy atom. The molecule has 0 spiro atoms. The smallest absolute Gasteiger partial charge is 0.113 e. The molecule has 0 bridgehead atoms. The van der Waals surface area contributed by atoms with Gasteiger partial charge in [-0.1, -0.05) is 6.07 Å². The highest BCUT2D eigenvalue weighted by atomic mass is 32.1. The predicted octanol–water partition coefficient (Wildman–Crippen LogP) is 2.23. The summed E-state index contributed by atoms with van der Waals surface area (Å²) in [7, 11) is 2.12. The van der Waals surface area contributed by atoms with Crippen molar-refractivity contribution in [1.82, 2.24) is 14.9 Å². The summed E-state index contributed by atoms with van der Waals surface area (Å²) in [5, 5.41) is 5.50. The average molecular weight is 233 g/mol. The van der Waals surface area contributed by atoms with Crippen LogP contribution in [0, 0.1) is 0 Å². The van der Waals surface area contributed by atoms with E-state index in [9.17, 15) is 0 Å². The summed E-state index contributed by atoms with van der Waals surface area (Å²) in [6.07, 6.45) is 3.20. The SMILES string of the molecule is Cn1c(-c2cccs2)cnc1C1CCNC1. The molecule has 1 saturated heterocycles. The molecule has 0 aromatic carbocycles. The summed E-state index contributed by atoms with van der Waals surface area (Å²) in [5.41, 5.74) is 1.23. The van der Waals surface area contributed by atoms with Crippen molar-refractivity contribution in [3.05, 3.63) is 29.5 Å². The molecule has 4 heteroatoms. The van der Waals surface area contributed by atoms with Gasteiger partial charge in [-0.3, -0.25) is 0 Å². The van der Waals surface area contributed by atoms with Gasteiger partial charge in [0.1, 0.15) is 5.82 Å². The van der Waals surface area contributed by atoms with Gasteiger partial charge in [0.25, 0.3) is 0 Å². The molecule has 1 aliphatic rings. The van der Waals surface area contributed by atoms with Gasteiger partial charge in [0.2, 0.25) is 0 Å². The van der Waals surface area contributed by atoms with Crippen molar-refractivity contribution < 1.29 is 0 Å². The monoisotopic (exact) mass is 233 g/mol. The Labute approximate surface area is 99.1 Å². The van der Waals surface area contributed by atoms with E-state index in [1.807, 2.05) is 6.20 Å². The Balaban J connectivity index is 1.97. The zero-order chi connectivity index (χ0) is 11.0. The van der Waals surface area contributed by atoms with E-state index in [0.29, 0.717) is 5.92 Å². The van der Waals surface area contributed by atoms with Crippen LogP contribution >= 0.6 is 11.3 Å². The highest BCUT2D eigenvalue weighted by molar-refractivity contribution is 7.13. The van der Waals surface area contributed by atoms with Crippen LogP contribution in [0.1, 0.15) is 18.2 Å². The maximum Gasteiger partial charge on any atom is 0.113 e. The Hall–Kier alpha value is -1.13. The van der Waals surface area contributed by atoms with E-state index in [1.165, 1.54) is 22.8 Å². The van der Waals surface area contributed by atoms with Gasteiger partial charge in [-0.2, -0.15) is 0 Å². The summed E-state index contributed by atoms with van der Waals surface area (Å²) in [6.45, 7) is 2.18. The van der Waals surface area contributed by atoms with E-state index in [1.54, 1.807) is 11.3 Å². The Morgan fingerprint density at radius 2 is 2.50 bits per heavy atom. The number of hydrogen-bond donors (Lipinski definition) is 1. The van der Waals surface area contributed by atoms with E-state index in [-0.39, 0.29) is 0 Å². The lowest BCUT2D eigenvalue weighted by atomic mass is 10.1. The van der Waals surface area contributed by atoms with Crippen molar-refractivity contribution >= 4 is 11.3 Å². The van der Waals surface area contributed by atoms with Crippen molar-refractivity contribution in [2.45, 2.75) is 12.3 Å². The fraction of sp³-hybridized carbons (Fsp3) is 0.417. The minimum Gasteiger partial charge on any atom is -0.330 e.